The van der Waals surface area contributed by atoms with Gasteiger partial charge in [-0.25, -0.2) is 13.4 Å². The van der Waals surface area contributed by atoms with Gasteiger partial charge in [-0.15, -0.1) is 0 Å². The molecule has 10 nitrogen and oxygen atoms in total. The van der Waals surface area contributed by atoms with Crippen LogP contribution in [-0.4, -0.2) is 70.0 Å². The van der Waals surface area contributed by atoms with E-state index < -0.39 is 38.7 Å². The number of aromatic nitrogens is 3. The van der Waals surface area contributed by atoms with Gasteiger partial charge in [0.25, 0.3) is 5.91 Å². The Hall–Kier alpha value is -2.51. The first-order valence-corrected chi connectivity index (χ1v) is 14.6. The number of nitrogens with one attached hydrogen (secondary N) is 2. The second-order valence-corrected chi connectivity index (χ2v) is 13.3. The summed E-state index contributed by atoms with van der Waals surface area (Å²) in [6.07, 6.45) is 3.51. The van der Waals surface area contributed by atoms with Crippen LogP contribution in [0.2, 0.25) is 5.02 Å². The lowest BCUT2D eigenvalue weighted by Crippen LogP contribution is -2.47. The van der Waals surface area contributed by atoms with Crippen molar-refractivity contribution in [2.75, 3.05) is 18.1 Å². The van der Waals surface area contributed by atoms with Crippen LogP contribution in [-0.2, 0) is 16.4 Å². The number of nitrogens with zero attached hydrogens (tertiary/aromatic N) is 3. The average molecular weight is 578 g/mol. The fraction of sp³-hybridized carbons (Fsp3) is 0.625. The molecule has 1 saturated carbocycles. The minimum absolute atomic E-state index is 0.0884. The van der Waals surface area contributed by atoms with Gasteiger partial charge in [0.1, 0.15) is 21.4 Å². The summed E-state index contributed by atoms with van der Waals surface area (Å²) in [5, 5.41) is 20.2. The number of pyridine rings is 1. The van der Waals surface area contributed by atoms with Crippen molar-refractivity contribution in [2.24, 2.45) is 0 Å². The minimum atomic E-state index is -3.21. The maximum Gasteiger partial charge on any atom is 0.387 e. The summed E-state index contributed by atoms with van der Waals surface area (Å²) in [4.78, 5) is 17.3. The summed E-state index contributed by atoms with van der Waals surface area (Å²) < 4.78 is 56.3. The van der Waals surface area contributed by atoms with Crippen LogP contribution in [0.3, 0.4) is 0 Å². The van der Waals surface area contributed by atoms with Gasteiger partial charge in [-0.05, 0) is 53.4 Å². The van der Waals surface area contributed by atoms with Gasteiger partial charge in [0, 0.05) is 37.1 Å². The molecule has 0 aromatic carbocycles. The molecular formula is C24H34ClF2N5O5S. The number of aryl methyl sites for hydroxylation is 1. The second kappa shape index (κ2) is 11.3. The fourth-order valence-electron chi connectivity index (χ4n) is 4.39. The summed E-state index contributed by atoms with van der Waals surface area (Å²) >= 11 is 6.56. The van der Waals surface area contributed by atoms with Crippen molar-refractivity contribution in [1.82, 2.24) is 20.1 Å². The minimum Gasteiger partial charge on any atom is -0.434 e. The average Bonchev–Trinajstić information content (AvgIpc) is 3.12. The fourth-order valence-corrected chi connectivity index (χ4v) is 5.81. The summed E-state index contributed by atoms with van der Waals surface area (Å²) in [5.74, 6) is -0.549. The zero-order chi connectivity index (χ0) is 28.5. The number of rotatable bonds is 9. The molecule has 0 spiro atoms. The van der Waals surface area contributed by atoms with Crippen molar-refractivity contribution < 1.29 is 31.8 Å². The molecule has 2 aromatic rings. The number of hydrogen-bond acceptors (Lipinski definition) is 8. The lowest BCUT2D eigenvalue weighted by molar-refractivity contribution is -0.0494. The monoisotopic (exact) mass is 577 g/mol. The number of anilines is 1. The van der Waals surface area contributed by atoms with Gasteiger partial charge in [-0.3, -0.25) is 9.48 Å². The summed E-state index contributed by atoms with van der Waals surface area (Å²) in [5.41, 5.74) is -1.51. The number of alkyl halides is 2. The van der Waals surface area contributed by atoms with Crippen molar-refractivity contribution >= 4 is 33.2 Å². The van der Waals surface area contributed by atoms with Gasteiger partial charge >= 0.3 is 6.61 Å². The second-order valence-electron chi connectivity index (χ2n) is 10.6. The first kappa shape index (κ1) is 30.0. The van der Waals surface area contributed by atoms with Crippen molar-refractivity contribution in [3.8, 4) is 17.0 Å². The third-order valence-corrected chi connectivity index (χ3v) is 8.34. The predicted octanol–water partition coefficient (Wildman–Crippen LogP) is 3.88. The van der Waals surface area contributed by atoms with Crippen molar-refractivity contribution in [3.05, 3.63) is 23.0 Å². The normalized spacial score (nSPS) is 20.4. The Kier molecular flexibility index (Phi) is 8.94. The van der Waals surface area contributed by atoms with E-state index in [0.29, 0.717) is 18.7 Å². The Labute approximate surface area is 226 Å². The number of amides is 1. The molecule has 14 heteroatoms. The van der Waals surface area contributed by atoms with Crippen LogP contribution in [0, 0.1) is 0 Å². The standard InChI is InChI=1S/C24H34ClF2N5O5S/c1-6-32-20(15-12-28-17(30-23(2,3)4)11-16(15)37-22(26)27)18(25)19(31-32)21(33)29-13-24(34)9-7-14(8-10-24)38(5,35)36/h11-12,14,22,34H,6-10,13H2,1-5H3,(H,28,30)(H,29,33). The van der Waals surface area contributed by atoms with Gasteiger partial charge in [0.2, 0.25) is 0 Å². The molecule has 0 radical (unpaired) electrons. The van der Waals surface area contributed by atoms with Crippen LogP contribution < -0.4 is 15.4 Å². The Balaban J connectivity index is 1.86. The topological polar surface area (TPSA) is 135 Å². The molecule has 0 aliphatic heterocycles. The number of ether oxygens (including phenoxy) is 1. The highest BCUT2D eigenvalue weighted by Gasteiger charge is 2.37. The van der Waals surface area contributed by atoms with Crippen LogP contribution in [0.4, 0.5) is 14.6 Å². The highest BCUT2D eigenvalue weighted by Crippen LogP contribution is 2.39. The molecule has 1 aliphatic carbocycles. The van der Waals surface area contributed by atoms with E-state index in [-0.39, 0.29) is 53.7 Å². The zero-order valence-electron chi connectivity index (χ0n) is 22.0. The molecule has 0 saturated heterocycles. The van der Waals surface area contributed by atoms with Crippen molar-refractivity contribution in [3.63, 3.8) is 0 Å². The SMILES string of the molecule is CCn1nc(C(=O)NCC2(O)CCC(S(C)(=O)=O)CC2)c(Cl)c1-c1cnc(NC(C)(C)C)cc1OC(F)F. The van der Waals surface area contributed by atoms with E-state index in [1.165, 1.54) is 23.2 Å². The van der Waals surface area contributed by atoms with Crippen LogP contribution in [0.15, 0.2) is 12.3 Å². The Bertz CT molecular complexity index is 1270. The third-order valence-electron chi connectivity index (χ3n) is 6.30. The molecule has 3 rings (SSSR count). The van der Waals surface area contributed by atoms with E-state index >= 15 is 0 Å². The van der Waals surface area contributed by atoms with E-state index in [4.69, 9.17) is 16.3 Å². The molecule has 0 bridgehead atoms. The summed E-state index contributed by atoms with van der Waals surface area (Å²) in [7, 11) is -3.21. The number of carbonyl (C=O) groups excluding carboxylic acids is 1. The first-order valence-electron chi connectivity index (χ1n) is 12.2. The quantitative estimate of drug-likeness (QED) is 0.409. The number of aliphatic hydroxyl groups is 1. The molecule has 3 N–H and O–H groups in total. The Morgan fingerprint density at radius 1 is 1.34 bits per heavy atom. The Morgan fingerprint density at radius 3 is 2.50 bits per heavy atom. The van der Waals surface area contributed by atoms with Crippen LogP contribution in [0.5, 0.6) is 5.75 Å². The lowest BCUT2D eigenvalue weighted by atomic mass is 9.84. The van der Waals surface area contributed by atoms with Crippen LogP contribution in [0.25, 0.3) is 11.3 Å². The molecule has 212 valence electrons. The highest BCUT2D eigenvalue weighted by atomic mass is 35.5. The first-order chi connectivity index (χ1) is 17.5. The van der Waals surface area contributed by atoms with Crippen molar-refractivity contribution in [1.29, 1.82) is 0 Å². The maximum absolute atomic E-state index is 13.3. The molecule has 1 amide bonds. The molecular weight excluding hydrogens is 544 g/mol. The number of sulfone groups is 1. The Morgan fingerprint density at radius 2 is 1.97 bits per heavy atom. The number of hydrogen-bond donors (Lipinski definition) is 3. The van der Waals surface area contributed by atoms with Gasteiger partial charge in [-0.2, -0.15) is 13.9 Å². The zero-order valence-corrected chi connectivity index (χ0v) is 23.6. The van der Waals surface area contributed by atoms with Gasteiger partial charge in [0.15, 0.2) is 5.69 Å². The van der Waals surface area contributed by atoms with Crippen LogP contribution in [0.1, 0.15) is 63.9 Å². The van der Waals surface area contributed by atoms with Gasteiger partial charge in [0.05, 0.1) is 27.1 Å². The maximum atomic E-state index is 13.3. The van der Waals surface area contributed by atoms with E-state index in [0.717, 1.165) is 0 Å². The number of carbonyl (C=O) groups is 1. The van der Waals surface area contributed by atoms with Crippen molar-refractivity contribution in [2.45, 2.75) is 82.9 Å². The largest absolute Gasteiger partial charge is 0.434 e. The molecule has 2 heterocycles. The van der Waals surface area contributed by atoms with Gasteiger partial charge < -0.3 is 20.5 Å². The molecule has 0 atom stereocenters. The predicted molar refractivity (Wildman–Crippen MR) is 141 cm³/mol. The van der Waals surface area contributed by atoms with E-state index in [9.17, 15) is 27.1 Å². The molecule has 38 heavy (non-hydrogen) atoms. The van der Waals surface area contributed by atoms with E-state index in [1.54, 1.807) is 6.92 Å². The summed E-state index contributed by atoms with van der Waals surface area (Å²) in [6, 6.07) is 1.33. The molecule has 0 unspecified atom stereocenters. The van der Waals surface area contributed by atoms with Crippen LogP contribution >= 0.6 is 11.6 Å². The number of halogens is 3. The van der Waals surface area contributed by atoms with Gasteiger partial charge in [-0.1, -0.05) is 11.6 Å². The highest BCUT2D eigenvalue weighted by molar-refractivity contribution is 7.91. The van der Waals surface area contributed by atoms with E-state index in [1.807, 2.05) is 20.8 Å². The lowest BCUT2D eigenvalue weighted by Gasteiger charge is -2.35. The molecule has 2 aromatic heterocycles. The van der Waals surface area contributed by atoms with E-state index in [2.05, 4.69) is 20.7 Å². The third kappa shape index (κ3) is 7.32. The summed E-state index contributed by atoms with van der Waals surface area (Å²) in [6.45, 7) is 4.43. The smallest absolute Gasteiger partial charge is 0.387 e. The molecule has 1 aliphatic rings. The molecule has 1 fully saturated rings.